The van der Waals surface area contributed by atoms with Gasteiger partial charge in [-0.25, -0.2) is 0 Å². The second kappa shape index (κ2) is 9.77. The van der Waals surface area contributed by atoms with Gasteiger partial charge in [-0.3, -0.25) is 9.78 Å². The molecule has 0 aliphatic carbocycles. The topological polar surface area (TPSA) is 84.3 Å². The average Bonchev–Trinajstić information content (AvgIpc) is 2.87. The van der Waals surface area contributed by atoms with Gasteiger partial charge in [0.05, 0.1) is 34.8 Å². The van der Waals surface area contributed by atoms with Gasteiger partial charge in [-0.15, -0.1) is 0 Å². The minimum atomic E-state index is -0.674. The van der Waals surface area contributed by atoms with Crippen molar-refractivity contribution in [2.24, 2.45) is 0 Å². The number of carbonyl (C=O) groups is 1. The fraction of sp³-hybridized carbons (Fsp3) is 0.321. The van der Waals surface area contributed by atoms with Gasteiger partial charge < -0.3 is 20.4 Å². The van der Waals surface area contributed by atoms with Crippen molar-refractivity contribution >= 4 is 17.2 Å². The van der Waals surface area contributed by atoms with Crippen LogP contribution in [0, 0.1) is 18.3 Å². The Labute approximate surface area is 207 Å². The van der Waals surface area contributed by atoms with Crippen LogP contribution in [0.5, 0.6) is 0 Å². The van der Waals surface area contributed by atoms with E-state index in [0.717, 1.165) is 60.0 Å². The van der Waals surface area contributed by atoms with Gasteiger partial charge in [0.25, 0.3) is 5.91 Å². The summed E-state index contributed by atoms with van der Waals surface area (Å²) in [4.78, 5) is 22.0. The van der Waals surface area contributed by atoms with Crippen molar-refractivity contribution in [3.8, 4) is 6.07 Å². The third-order valence-electron chi connectivity index (χ3n) is 6.59. The van der Waals surface area contributed by atoms with Crippen LogP contribution in [-0.2, 0) is 5.41 Å². The molecule has 0 atom stereocenters. The maximum Gasteiger partial charge on any atom is 0.255 e. The zero-order valence-electron chi connectivity index (χ0n) is 20.9. The van der Waals surface area contributed by atoms with Crippen molar-refractivity contribution in [1.29, 1.82) is 5.26 Å². The zero-order chi connectivity index (χ0) is 25.2. The van der Waals surface area contributed by atoms with E-state index >= 15 is 0 Å². The number of anilines is 1. The van der Waals surface area contributed by atoms with E-state index in [-0.39, 0.29) is 5.91 Å². The molecule has 2 N–H and O–H groups in total. The van der Waals surface area contributed by atoms with Crippen molar-refractivity contribution in [1.82, 2.24) is 20.1 Å². The van der Waals surface area contributed by atoms with Crippen molar-refractivity contribution in [2.75, 3.05) is 38.5 Å². The lowest BCUT2D eigenvalue weighted by Crippen LogP contribution is -2.44. The molecule has 1 fully saturated rings. The van der Waals surface area contributed by atoms with Crippen LogP contribution >= 0.6 is 0 Å². The Hall–Kier alpha value is -3.89. The summed E-state index contributed by atoms with van der Waals surface area (Å²) >= 11 is 0. The Morgan fingerprint density at radius 1 is 1.26 bits per heavy atom. The molecule has 0 saturated carbocycles. The number of piperazine rings is 1. The summed E-state index contributed by atoms with van der Waals surface area (Å²) in [7, 11) is 2.00. The molecule has 35 heavy (non-hydrogen) atoms. The first-order chi connectivity index (χ1) is 16.7. The number of aryl methyl sites for hydroxylation is 1. The molecule has 0 radical (unpaired) electrons. The van der Waals surface area contributed by atoms with Gasteiger partial charge in [0.15, 0.2) is 0 Å². The Bertz CT molecular complexity index is 1260. The summed E-state index contributed by atoms with van der Waals surface area (Å²) < 4.78 is 0. The van der Waals surface area contributed by atoms with E-state index in [0.29, 0.717) is 11.3 Å². The van der Waals surface area contributed by atoms with E-state index in [1.165, 1.54) is 0 Å². The SMILES string of the molecule is C=C1C(N2CCNCC2)=CC(c2cc(NC(=O)c3cccc(C(C)(C)C#N)c3)cnc2C)=CN1C. The van der Waals surface area contributed by atoms with Crippen molar-refractivity contribution in [3.63, 3.8) is 0 Å². The first-order valence-electron chi connectivity index (χ1n) is 11.8. The number of likely N-dealkylation sites (N-methyl/N-ethyl adjacent to an activating group) is 1. The number of allylic oxidation sites excluding steroid dienone is 2. The number of nitrogens with zero attached hydrogens (tertiary/aromatic N) is 4. The maximum absolute atomic E-state index is 13.0. The molecule has 2 aliphatic rings. The van der Waals surface area contributed by atoms with Gasteiger partial charge in [0.2, 0.25) is 0 Å². The predicted octanol–water partition coefficient (Wildman–Crippen LogP) is 4.03. The zero-order valence-corrected chi connectivity index (χ0v) is 20.9. The van der Waals surface area contributed by atoms with Crippen LogP contribution in [0.2, 0.25) is 0 Å². The lowest BCUT2D eigenvalue weighted by Gasteiger charge is -2.37. The fourth-order valence-electron chi connectivity index (χ4n) is 4.27. The quantitative estimate of drug-likeness (QED) is 0.689. The molecule has 2 aromatic rings. The Kier molecular flexibility index (Phi) is 6.77. The van der Waals surface area contributed by atoms with Crippen molar-refractivity contribution in [2.45, 2.75) is 26.2 Å². The summed E-state index contributed by atoms with van der Waals surface area (Å²) in [5.41, 5.74) is 6.17. The highest BCUT2D eigenvalue weighted by Gasteiger charge is 2.23. The van der Waals surface area contributed by atoms with Crippen molar-refractivity contribution < 1.29 is 4.79 Å². The number of nitrogens with one attached hydrogen (secondary N) is 2. The summed E-state index contributed by atoms with van der Waals surface area (Å²) in [5.74, 6) is -0.239. The highest BCUT2D eigenvalue weighted by molar-refractivity contribution is 6.04. The molecule has 7 heteroatoms. The molecule has 1 amide bonds. The average molecular weight is 469 g/mol. The molecule has 1 saturated heterocycles. The van der Waals surface area contributed by atoms with Crippen LogP contribution in [0.15, 0.2) is 66.8 Å². The second-order valence-electron chi connectivity index (χ2n) is 9.54. The first kappa shape index (κ1) is 24.2. The number of hydrogen-bond donors (Lipinski definition) is 2. The summed E-state index contributed by atoms with van der Waals surface area (Å²) in [6.45, 7) is 13.7. The number of benzene rings is 1. The predicted molar refractivity (Wildman–Crippen MR) is 139 cm³/mol. The first-order valence-corrected chi connectivity index (χ1v) is 11.8. The number of pyridine rings is 1. The van der Waals surface area contributed by atoms with Crippen LogP contribution in [0.3, 0.4) is 0 Å². The molecule has 180 valence electrons. The van der Waals surface area contributed by atoms with E-state index < -0.39 is 5.41 Å². The van der Waals surface area contributed by atoms with Crippen LogP contribution in [0.4, 0.5) is 5.69 Å². The third-order valence-corrected chi connectivity index (χ3v) is 6.59. The molecule has 4 rings (SSSR count). The molecule has 0 spiro atoms. The lowest BCUT2D eigenvalue weighted by molar-refractivity contribution is 0.102. The number of hydrogen-bond acceptors (Lipinski definition) is 6. The molecule has 1 aromatic carbocycles. The van der Waals surface area contributed by atoms with Crippen LogP contribution in [-0.4, -0.2) is 53.9 Å². The number of nitriles is 1. The second-order valence-corrected chi connectivity index (χ2v) is 9.54. The van der Waals surface area contributed by atoms with Gasteiger partial charge in [0, 0.05) is 61.8 Å². The highest BCUT2D eigenvalue weighted by atomic mass is 16.1. The Balaban J connectivity index is 1.61. The summed E-state index contributed by atoms with van der Waals surface area (Å²) in [5, 5.41) is 15.8. The highest BCUT2D eigenvalue weighted by Crippen LogP contribution is 2.32. The third kappa shape index (κ3) is 5.13. The minimum absolute atomic E-state index is 0.239. The van der Waals surface area contributed by atoms with Gasteiger partial charge in [0.1, 0.15) is 0 Å². The van der Waals surface area contributed by atoms with Crippen LogP contribution in [0.25, 0.3) is 5.57 Å². The smallest absolute Gasteiger partial charge is 0.255 e. The summed E-state index contributed by atoms with van der Waals surface area (Å²) in [6, 6.07) is 11.4. The number of rotatable bonds is 5. The summed E-state index contributed by atoms with van der Waals surface area (Å²) in [6.07, 6.45) is 5.89. The van der Waals surface area contributed by atoms with E-state index in [1.807, 2.05) is 44.9 Å². The number of carbonyl (C=O) groups excluding carboxylic acids is 1. The lowest BCUT2D eigenvalue weighted by atomic mass is 9.85. The Morgan fingerprint density at radius 2 is 2.00 bits per heavy atom. The molecule has 1 aromatic heterocycles. The van der Waals surface area contributed by atoms with Crippen LogP contribution < -0.4 is 10.6 Å². The standard InChI is InChI=1S/C28H32N6O/c1-19-25(22-14-26(20(2)33(5)17-22)34-11-9-30-10-12-34)15-24(16-31-19)32-27(35)21-7-6-8-23(13-21)28(3,4)18-29/h6-8,13-17,30H,2,9-12H2,1,3-5H3,(H,32,35). The van der Waals surface area contributed by atoms with Gasteiger partial charge in [-0.1, -0.05) is 18.7 Å². The van der Waals surface area contributed by atoms with Gasteiger partial charge >= 0.3 is 0 Å². The molecular formula is C28H32N6O. The molecule has 7 nitrogen and oxygen atoms in total. The minimum Gasteiger partial charge on any atom is -0.367 e. The van der Waals surface area contributed by atoms with Crippen LogP contribution in [0.1, 0.15) is 41.0 Å². The largest absolute Gasteiger partial charge is 0.367 e. The van der Waals surface area contributed by atoms with E-state index in [4.69, 9.17) is 0 Å². The maximum atomic E-state index is 13.0. The van der Waals surface area contributed by atoms with Gasteiger partial charge in [-0.05, 0) is 50.6 Å². The molecular weight excluding hydrogens is 436 g/mol. The Morgan fingerprint density at radius 3 is 2.71 bits per heavy atom. The molecule has 2 aliphatic heterocycles. The van der Waals surface area contributed by atoms with E-state index in [1.54, 1.807) is 24.4 Å². The van der Waals surface area contributed by atoms with E-state index in [2.05, 4.69) is 45.4 Å². The molecule has 0 unspecified atom stereocenters. The van der Waals surface area contributed by atoms with Gasteiger partial charge in [-0.2, -0.15) is 5.26 Å². The molecule has 0 bridgehead atoms. The number of aromatic nitrogens is 1. The van der Waals surface area contributed by atoms with E-state index in [9.17, 15) is 10.1 Å². The normalized spacial score (nSPS) is 16.4. The monoisotopic (exact) mass is 468 g/mol. The van der Waals surface area contributed by atoms with Crippen molar-refractivity contribution in [3.05, 3.63) is 89.2 Å². The molecule has 3 heterocycles. The fourth-order valence-corrected chi connectivity index (χ4v) is 4.27. The number of amides is 1.